The molecular formula is C96H133N23O23S. The van der Waals surface area contributed by atoms with Crippen molar-refractivity contribution < 1.29 is 112 Å². The monoisotopic (exact) mass is 2010 g/mol. The molecule has 0 saturated carbocycles. The van der Waals surface area contributed by atoms with Crippen LogP contribution in [0.2, 0.25) is 0 Å². The number of aliphatic carboxylic acids is 2. The zero-order valence-corrected chi connectivity index (χ0v) is 82.2. The van der Waals surface area contributed by atoms with Gasteiger partial charge in [0, 0.05) is 132 Å². The summed E-state index contributed by atoms with van der Waals surface area (Å²) in [5.41, 5.74) is 19.5. The van der Waals surface area contributed by atoms with Crippen LogP contribution in [0.1, 0.15) is 160 Å². The summed E-state index contributed by atoms with van der Waals surface area (Å²) in [6.45, 7) is 6.24. The number of nitrogens with two attached hydrogens (primary N) is 3. The molecule has 6 heterocycles. The number of aromatic nitrogens is 2. The minimum Gasteiger partial charge on any atom is -0.508 e. The lowest BCUT2D eigenvalue weighted by Crippen LogP contribution is -2.61. The summed E-state index contributed by atoms with van der Waals surface area (Å²) < 4.78 is 1.42. The maximum absolute atomic E-state index is 16.2. The number of H-pyrrole nitrogens is 1. The molecule has 4 aliphatic heterocycles. The SMILES string of the molecule is CCCC[C@H]1C(=O)N(C)[C@@H](CCCC)C(=O)N[C@@H](CC(C)C)C(=O)N[C@H](C(=O)NCC(N)=O)CSCC(=O)N[C@@H](Cc2ccc(O)cc2)C(=O)N(C)[C@@H](C)C(=O)N[C@@H](CC(N)=O)C(=O)N2CCCC2C(=O)N[C@@H](CC2=CN=CC2)C(=O)N[C@@H](CCC(=O)O)C(=O)N2C[C@H](O)C[C@H]2C(=O)N[C@@H](Cc2c[nH]c3ccccc23)C(=O)N[C@@H](CCCNC(=N)N)C(=O)N[C@@H](Cc2cn(CC(=O)O)c3ccccc23)C(=O)N1C. The van der Waals surface area contributed by atoms with E-state index in [0.29, 0.717) is 63.3 Å². The number of hydrogen-bond acceptors (Lipinski definition) is 24. The number of nitrogens with zero attached hydrogens (tertiary/aromatic N) is 7. The lowest BCUT2D eigenvalue weighted by atomic mass is 9.99. The van der Waals surface area contributed by atoms with Gasteiger partial charge in [-0.3, -0.25) is 101 Å². The number of para-hydroxylation sites is 2. The number of carboxylic acid groups (broad SMARTS) is 2. The number of rotatable bonds is 30. The summed E-state index contributed by atoms with van der Waals surface area (Å²) in [6, 6.07) is -3.59. The molecule has 46 nitrogen and oxygen atoms in total. The number of fused-ring (bicyclic) bond motifs is 4. The molecule has 0 aliphatic carbocycles. The molecular weight excluding hydrogens is 1880 g/mol. The Bertz CT molecular complexity index is 5550. The molecule has 0 radical (unpaired) electrons. The van der Waals surface area contributed by atoms with Gasteiger partial charge in [0.05, 0.1) is 24.8 Å². The molecule has 0 bridgehead atoms. The first-order valence-electron chi connectivity index (χ1n) is 47.8. The maximum Gasteiger partial charge on any atom is 0.323 e. The van der Waals surface area contributed by atoms with Gasteiger partial charge in [0.2, 0.25) is 100 Å². The fourth-order valence-corrected chi connectivity index (χ4v) is 18.6. The number of phenolic OH excluding ortho intramolecular Hbond substituents is 1. The quantitative estimate of drug-likeness (QED) is 0.0138. The van der Waals surface area contributed by atoms with Crippen LogP contribution in [0.5, 0.6) is 5.75 Å². The number of carbonyl (C=O) groups is 19. The van der Waals surface area contributed by atoms with Crippen LogP contribution in [0.3, 0.4) is 0 Å². The van der Waals surface area contributed by atoms with Crippen LogP contribution >= 0.6 is 11.8 Å². The molecule has 15 atom stereocenters. The number of phenols is 1. The second-order valence-corrected chi connectivity index (χ2v) is 37.8. The van der Waals surface area contributed by atoms with Gasteiger partial charge in [-0.1, -0.05) is 102 Å². The zero-order valence-electron chi connectivity index (χ0n) is 81.4. The summed E-state index contributed by atoms with van der Waals surface area (Å²) in [6.07, 6.45) is 1.47. The Hall–Kier alpha value is -14.5. The van der Waals surface area contributed by atoms with Gasteiger partial charge in [-0.15, -0.1) is 11.8 Å². The Morgan fingerprint density at radius 3 is 1.79 bits per heavy atom. The van der Waals surface area contributed by atoms with E-state index >= 15 is 38.4 Å². The van der Waals surface area contributed by atoms with Crippen molar-refractivity contribution in [2.24, 2.45) is 28.1 Å². The highest BCUT2D eigenvalue weighted by Gasteiger charge is 2.47. The van der Waals surface area contributed by atoms with Crippen LogP contribution in [0.25, 0.3) is 21.8 Å². The number of thioether (sulfide) groups is 1. The Kier molecular flexibility index (Phi) is 41.8. The van der Waals surface area contributed by atoms with Crippen molar-refractivity contribution in [1.29, 1.82) is 5.41 Å². The lowest BCUT2D eigenvalue weighted by molar-refractivity contribution is -0.149. The van der Waals surface area contributed by atoms with E-state index in [-0.39, 0.29) is 102 Å². The first-order valence-corrected chi connectivity index (χ1v) is 49.0. The number of primary amides is 2. The largest absolute Gasteiger partial charge is 0.508 e. The summed E-state index contributed by atoms with van der Waals surface area (Å²) in [5.74, 6) is -21.4. The van der Waals surface area contributed by atoms with E-state index in [1.807, 2.05) is 13.8 Å². The van der Waals surface area contributed by atoms with Gasteiger partial charge >= 0.3 is 11.9 Å². The summed E-state index contributed by atoms with van der Waals surface area (Å²) >= 11 is 0.769. The first kappa shape index (κ1) is 112. The highest BCUT2D eigenvalue weighted by Crippen LogP contribution is 2.30. The third kappa shape index (κ3) is 32.0. The molecule has 47 heteroatoms. The molecule has 17 amide bonds. The fraction of sp³-hybridized carbons (Fsp3) is 0.531. The van der Waals surface area contributed by atoms with Crippen molar-refractivity contribution in [1.82, 2.24) is 92.5 Å². The van der Waals surface area contributed by atoms with Crippen molar-refractivity contribution in [3.8, 4) is 5.75 Å². The van der Waals surface area contributed by atoms with E-state index in [1.165, 1.54) is 75.5 Å². The number of aliphatic hydroxyl groups excluding tert-OH is 1. The summed E-state index contributed by atoms with van der Waals surface area (Å²) in [5, 5.41) is 80.4. The number of amides is 17. The highest BCUT2D eigenvalue weighted by molar-refractivity contribution is 8.00. The molecule has 1 unspecified atom stereocenters. The van der Waals surface area contributed by atoms with Gasteiger partial charge in [-0.25, -0.2) is 0 Å². The van der Waals surface area contributed by atoms with Crippen LogP contribution in [-0.2, 0) is 117 Å². The topological polar surface area (TPSA) is 689 Å². The molecule has 776 valence electrons. The van der Waals surface area contributed by atoms with Gasteiger partial charge < -0.3 is 130 Å². The number of likely N-dealkylation sites (N-methyl/N-ethyl adjacent to an activating group) is 3. The number of aromatic amines is 1. The number of nitrogens with one attached hydrogen (secondary N) is 13. The predicted molar refractivity (Wildman–Crippen MR) is 524 cm³/mol. The van der Waals surface area contributed by atoms with Crippen LogP contribution in [0.15, 0.2) is 102 Å². The molecule has 9 rings (SSSR count). The van der Waals surface area contributed by atoms with E-state index in [1.54, 1.807) is 68.6 Å². The molecule has 3 aromatic carbocycles. The summed E-state index contributed by atoms with van der Waals surface area (Å²) in [7, 11) is 3.86. The van der Waals surface area contributed by atoms with E-state index in [9.17, 15) is 73.2 Å². The molecule has 5 aromatic rings. The number of aliphatic imine (C=N–C) groups is 1. The second kappa shape index (κ2) is 53.4. The van der Waals surface area contributed by atoms with Crippen LogP contribution < -0.4 is 75.7 Å². The van der Waals surface area contributed by atoms with Crippen molar-refractivity contribution in [2.45, 2.75) is 260 Å². The average molecular weight is 2010 g/mol. The molecule has 2 aromatic heterocycles. The standard InChI is InChI=1S/C96H133N23O23S/c1-9-11-23-73-88(135)108-65(37-52(3)4)85(132)113-71(83(130)104-46-78(98)123)50-143-51-79(124)105-68(38-54-27-29-58(120)30-28-54)91(138)114(6)53(5)82(129)111-70(43-77(97)122)94(141)118-36-18-26-74(118)89(136)109-66(39-55-33-35-101-44-55)86(133)107-64(31-32-80(125)126)93(140)119-48-59(121)42-76(119)90(137)110-67(40-56-45-103-62-21-15-13-19-60(56)62)87(134)106-63(22-17-34-102-96(99)100)84(131)112-69(92(139)116(8)75(24-12-10-2)95(142)115(73)7)41-57-47-117(49-81(127)128)72-25-16-14-20-61(57)72/h13-16,19-21,25,27-30,35,44-45,47,52-53,59,63-71,73-76,103,120-121H,9-12,17-18,22-24,26,31-34,36-43,46,48-51H2,1-8H3,(H2,97,122)(H2,98,123)(H,104,130)(H,105,124)(H,106,134)(H,107,133)(H,108,135)(H,109,136)(H,110,137)(H,111,129)(H,112,131)(H,113,132)(H,125,126)(H,127,128)(H4,99,100,102)/t53-,59+,63-,64-,65-,66-,67-,68-,69-,70-,71-,73-,74?,75-,76-/m0/s1. The molecule has 0 spiro atoms. The Labute approximate surface area is 830 Å². The normalized spacial score (nSPS) is 24.4. The van der Waals surface area contributed by atoms with Crippen molar-refractivity contribution in [3.05, 3.63) is 114 Å². The van der Waals surface area contributed by atoms with Gasteiger partial charge in [0.25, 0.3) is 0 Å². The van der Waals surface area contributed by atoms with Crippen molar-refractivity contribution in [3.63, 3.8) is 0 Å². The molecule has 23 N–H and O–H groups in total. The Morgan fingerprint density at radius 1 is 0.566 bits per heavy atom. The van der Waals surface area contributed by atoms with E-state index < -0.39 is 272 Å². The van der Waals surface area contributed by atoms with E-state index in [4.69, 9.17) is 22.6 Å². The number of carboxylic acids is 2. The second-order valence-electron chi connectivity index (χ2n) is 36.8. The molecule has 143 heavy (non-hydrogen) atoms. The van der Waals surface area contributed by atoms with Gasteiger partial charge in [0.15, 0.2) is 5.96 Å². The average Bonchev–Trinajstić information content (AvgIpc) is 1.66. The minimum atomic E-state index is -1.86. The van der Waals surface area contributed by atoms with Crippen molar-refractivity contribution in [2.75, 3.05) is 58.8 Å². The number of carbonyl (C=O) groups excluding carboxylic acids is 17. The number of guanidine groups is 1. The highest BCUT2D eigenvalue weighted by atomic mass is 32.2. The minimum absolute atomic E-state index is 0.0265. The first-order chi connectivity index (χ1) is 67.9. The smallest absolute Gasteiger partial charge is 0.323 e. The number of aliphatic hydroxyl groups is 1. The van der Waals surface area contributed by atoms with Gasteiger partial charge in [-0.2, -0.15) is 0 Å². The van der Waals surface area contributed by atoms with Gasteiger partial charge in [0.1, 0.15) is 96.9 Å². The number of benzene rings is 3. The van der Waals surface area contributed by atoms with E-state index in [2.05, 4.69) is 68.5 Å². The maximum atomic E-state index is 16.2. The van der Waals surface area contributed by atoms with Crippen LogP contribution in [-0.4, -0.2) is 329 Å². The number of hydrogen-bond donors (Lipinski definition) is 20. The zero-order chi connectivity index (χ0) is 105. The predicted octanol–water partition coefficient (Wildman–Crippen LogP) is -1.72. The third-order valence-electron chi connectivity index (χ3n) is 25.5. The van der Waals surface area contributed by atoms with E-state index in [0.717, 1.165) is 36.3 Å². The number of aromatic hydroxyl groups is 1. The van der Waals surface area contributed by atoms with Gasteiger partial charge in [-0.05, 0) is 117 Å². The number of unbranched alkanes of at least 4 members (excludes halogenated alkanes) is 2. The summed E-state index contributed by atoms with van der Waals surface area (Å²) in [4.78, 5) is 290. The Morgan fingerprint density at radius 2 is 1.15 bits per heavy atom. The molecule has 3 fully saturated rings. The van der Waals surface area contributed by atoms with Crippen LogP contribution in [0.4, 0.5) is 0 Å². The van der Waals surface area contributed by atoms with Crippen molar-refractivity contribution >= 4 is 158 Å². The Balaban J connectivity index is 1.14. The lowest BCUT2D eigenvalue weighted by Gasteiger charge is -2.36. The molecule has 3 saturated heterocycles. The third-order valence-corrected chi connectivity index (χ3v) is 26.5. The fourth-order valence-electron chi connectivity index (χ4n) is 17.8. The molecule has 4 aliphatic rings. The van der Waals surface area contributed by atoms with Crippen LogP contribution in [0, 0.1) is 11.3 Å².